The number of aromatic nitrogens is 2. The van der Waals surface area contributed by atoms with Crippen LogP contribution in [0.1, 0.15) is 16.1 Å². The van der Waals surface area contributed by atoms with Crippen LogP contribution in [-0.4, -0.2) is 29.3 Å². The average Bonchev–Trinajstić information content (AvgIpc) is 2.79. The molecule has 0 unspecified atom stereocenters. The summed E-state index contributed by atoms with van der Waals surface area (Å²) in [4.78, 5) is 12.6. The van der Waals surface area contributed by atoms with Crippen LogP contribution < -0.4 is 5.73 Å². The molecule has 0 atom stereocenters. The fraction of sp³-hybridized carbons (Fsp3) is 0.231. The van der Waals surface area contributed by atoms with Crippen LogP contribution in [-0.2, 0) is 11.3 Å². The molecule has 2 rings (SSSR count). The number of ether oxygens (including phenoxy) is 1. The summed E-state index contributed by atoms with van der Waals surface area (Å²) in [6.45, 7) is 0.879. The maximum atomic E-state index is 12.6. The van der Waals surface area contributed by atoms with E-state index in [1.165, 1.54) is 10.9 Å². The standard InChI is InChI=1S/C13H13BrClN3O2/c1-20-5-4-18-12(10(15)7-17-18)13(19)9-6-8(14)2-3-11(9)16/h2-3,6-7H,4-5,16H2,1H3. The Balaban J connectivity index is 2.42. The zero-order valence-corrected chi connectivity index (χ0v) is 13.1. The molecule has 7 heteroatoms. The molecule has 0 saturated heterocycles. The predicted molar refractivity (Wildman–Crippen MR) is 81.1 cm³/mol. The van der Waals surface area contributed by atoms with Crippen LogP contribution in [0.3, 0.4) is 0 Å². The molecule has 0 aliphatic rings. The molecule has 0 amide bonds. The molecule has 1 aromatic carbocycles. The first-order chi connectivity index (χ1) is 9.54. The maximum absolute atomic E-state index is 12.6. The summed E-state index contributed by atoms with van der Waals surface area (Å²) in [5, 5.41) is 4.38. The Labute approximate surface area is 129 Å². The summed E-state index contributed by atoms with van der Waals surface area (Å²) in [6.07, 6.45) is 1.44. The Kier molecular flexibility index (Phi) is 4.80. The van der Waals surface area contributed by atoms with Gasteiger partial charge in [-0.2, -0.15) is 5.10 Å². The lowest BCUT2D eigenvalue weighted by molar-refractivity contribution is 0.102. The number of anilines is 1. The fourth-order valence-electron chi connectivity index (χ4n) is 1.79. The number of nitrogens with two attached hydrogens (primary N) is 1. The van der Waals surface area contributed by atoms with Crippen LogP contribution in [0.4, 0.5) is 5.69 Å². The zero-order valence-electron chi connectivity index (χ0n) is 10.8. The number of nitrogen functional groups attached to an aromatic ring is 1. The van der Waals surface area contributed by atoms with Crippen molar-refractivity contribution in [3.8, 4) is 0 Å². The van der Waals surface area contributed by atoms with Gasteiger partial charge in [0.1, 0.15) is 5.69 Å². The van der Waals surface area contributed by atoms with E-state index in [0.29, 0.717) is 35.1 Å². The fourth-order valence-corrected chi connectivity index (χ4v) is 2.38. The van der Waals surface area contributed by atoms with Gasteiger partial charge in [-0.25, -0.2) is 0 Å². The van der Waals surface area contributed by atoms with Gasteiger partial charge >= 0.3 is 0 Å². The van der Waals surface area contributed by atoms with Crippen LogP contribution in [0.25, 0.3) is 0 Å². The molecule has 1 aromatic heterocycles. The minimum atomic E-state index is -0.262. The highest BCUT2D eigenvalue weighted by molar-refractivity contribution is 9.10. The van der Waals surface area contributed by atoms with Gasteiger partial charge in [-0.1, -0.05) is 27.5 Å². The van der Waals surface area contributed by atoms with Gasteiger partial charge in [0, 0.05) is 22.8 Å². The number of halogens is 2. The van der Waals surface area contributed by atoms with Crippen molar-refractivity contribution in [2.24, 2.45) is 0 Å². The van der Waals surface area contributed by atoms with Crippen molar-refractivity contribution in [2.75, 3.05) is 19.5 Å². The van der Waals surface area contributed by atoms with E-state index >= 15 is 0 Å². The molecule has 0 spiro atoms. The number of ketones is 1. The number of hydrogen-bond acceptors (Lipinski definition) is 4. The van der Waals surface area contributed by atoms with Crippen LogP contribution in [0, 0.1) is 0 Å². The molecule has 1 heterocycles. The third kappa shape index (κ3) is 3.03. The number of hydrogen-bond donors (Lipinski definition) is 1. The van der Waals surface area contributed by atoms with E-state index in [4.69, 9.17) is 22.1 Å². The lowest BCUT2D eigenvalue weighted by Crippen LogP contribution is -2.15. The van der Waals surface area contributed by atoms with Crippen LogP contribution in [0.15, 0.2) is 28.9 Å². The van der Waals surface area contributed by atoms with Crippen LogP contribution in [0.5, 0.6) is 0 Å². The van der Waals surface area contributed by atoms with Crippen molar-refractivity contribution in [3.63, 3.8) is 0 Å². The number of carbonyl (C=O) groups excluding carboxylic acids is 1. The SMILES string of the molecule is COCCn1ncc(Cl)c1C(=O)c1cc(Br)ccc1N. The van der Waals surface area contributed by atoms with Crippen molar-refractivity contribution in [2.45, 2.75) is 6.54 Å². The molecular weight excluding hydrogens is 346 g/mol. The first-order valence-electron chi connectivity index (χ1n) is 5.84. The number of benzene rings is 1. The highest BCUT2D eigenvalue weighted by Gasteiger charge is 2.21. The van der Waals surface area contributed by atoms with E-state index in [2.05, 4.69) is 21.0 Å². The number of methoxy groups -OCH3 is 1. The second-order valence-corrected chi connectivity index (χ2v) is 5.44. The van der Waals surface area contributed by atoms with Gasteiger partial charge in [-0.15, -0.1) is 0 Å². The van der Waals surface area contributed by atoms with Gasteiger partial charge < -0.3 is 10.5 Å². The lowest BCUT2D eigenvalue weighted by Gasteiger charge is -2.09. The summed E-state index contributed by atoms with van der Waals surface area (Å²) in [6, 6.07) is 5.11. The minimum Gasteiger partial charge on any atom is -0.398 e. The molecule has 2 aromatic rings. The molecule has 0 saturated carbocycles. The van der Waals surface area contributed by atoms with Crippen LogP contribution in [0.2, 0.25) is 5.02 Å². The zero-order chi connectivity index (χ0) is 14.7. The van der Waals surface area contributed by atoms with E-state index in [1.54, 1.807) is 25.3 Å². The highest BCUT2D eigenvalue weighted by Crippen LogP contribution is 2.25. The van der Waals surface area contributed by atoms with Crippen molar-refractivity contribution in [1.29, 1.82) is 0 Å². The van der Waals surface area contributed by atoms with Crippen molar-refractivity contribution >= 4 is 39.0 Å². The minimum absolute atomic E-state index is 0.262. The van der Waals surface area contributed by atoms with Gasteiger partial charge in [0.2, 0.25) is 5.78 Å². The molecule has 0 radical (unpaired) electrons. The second-order valence-electron chi connectivity index (χ2n) is 4.12. The molecule has 0 aliphatic carbocycles. The summed E-state index contributed by atoms with van der Waals surface area (Å²) in [5.41, 5.74) is 6.96. The molecule has 20 heavy (non-hydrogen) atoms. The van der Waals surface area contributed by atoms with Gasteiger partial charge in [0.05, 0.1) is 24.4 Å². The predicted octanol–water partition coefficient (Wildman–Crippen LogP) is 2.76. The Morgan fingerprint density at radius 3 is 3.00 bits per heavy atom. The normalized spacial score (nSPS) is 10.8. The first-order valence-corrected chi connectivity index (χ1v) is 7.01. The summed E-state index contributed by atoms with van der Waals surface area (Å²) in [5.74, 6) is -0.262. The lowest BCUT2D eigenvalue weighted by atomic mass is 10.1. The smallest absolute Gasteiger partial charge is 0.214 e. The van der Waals surface area contributed by atoms with Crippen molar-refractivity contribution in [1.82, 2.24) is 9.78 Å². The molecule has 0 fully saturated rings. The van der Waals surface area contributed by atoms with Gasteiger partial charge in [0.25, 0.3) is 0 Å². The van der Waals surface area contributed by atoms with E-state index in [-0.39, 0.29) is 5.78 Å². The van der Waals surface area contributed by atoms with Gasteiger partial charge in [-0.05, 0) is 18.2 Å². The Hall–Kier alpha value is -1.37. The Bertz CT molecular complexity index is 643. The van der Waals surface area contributed by atoms with E-state index < -0.39 is 0 Å². The molecule has 0 bridgehead atoms. The van der Waals surface area contributed by atoms with E-state index in [1.807, 2.05) is 0 Å². The Morgan fingerprint density at radius 1 is 1.55 bits per heavy atom. The molecule has 0 aliphatic heterocycles. The molecular formula is C13H13BrClN3O2. The Morgan fingerprint density at radius 2 is 2.30 bits per heavy atom. The quantitative estimate of drug-likeness (QED) is 0.659. The third-order valence-corrected chi connectivity index (χ3v) is 3.55. The van der Waals surface area contributed by atoms with Gasteiger partial charge in [0.15, 0.2) is 0 Å². The average molecular weight is 359 g/mol. The van der Waals surface area contributed by atoms with Crippen molar-refractivity contribution in [3.05, 3.63) is 45.1 Å². The highest BCUT2D eigenvalue weighted by atomic mass is 79.9. The monoisotopic (exact) mass is 357 g/mol. The molecule has 2 N–H and O–H groups in total. The number of rotatable bonds is 5. The maximum Gasteiger partial charge on any atom is 0.214 e. The topological polar surface area (TPSA) is 70.1 Å². The van der Waals surface area contributed by atoms with E-state index in [0.717, 1.165) is 4.47 Å². The summed E-state index contributed by atoms with van der Waals surface area (Å²) in [7, 11) is 1.58. The molecule has 106 valence electrons. The van der Waals surface area contributed by atoms with Crippen molar-refractivity contribution < 1.29 is 9.53 Å². The van der Waals surface area contributed by atoms with Crippen LogP contribution >= 0.6 is 27.5 Å². The largest absolute Gasteiger partial charge is 0.398 e. The number of carbonyl (C=O) groups is 1. The first kappa shape index (κ1) is 15.0. The molecule has 5 nitrogen and oxygen atoms in total. The van der Waals surface area contributed by atoms with Gasteiger partial charge in [-0.3, -0.25) is 9.48 Å². The summed E-state index contributed by atoms with van der Waals surface area (Å²) >= 11 is 9.39. The second kappa shape index (κ2) is 6.39. The van der Waals surface area contributed by atoms with E-state index in [9.17, 15) is 4.79 Å². The summed E-state index contributed by atoms with van der Waals surface area (Å²) < 4.78 is 7.29. The third-order valence-electron chi connectivity index (χ3n) is 2.78. The number of nitrogens with zero attached hydrogens (tertiary/aromatic N) is 2.